The van der Waals surface area contributed by atoms with E-state index in [9.17, 15) is 0 Å². The summed E-state index contributed by atoms with van der Waals surface area (Å²) in [5, 5.41) is 0. The second-order valence-corrected chi connectivity index (χ2v) is 43.0. The van der Waals surface area contributed by atoms with E-state index in [-0.39, 0.29) is 24.3 Å². The molecule has 8 aliphatic heterocycles. The van der Waals surface area contributed by atoms with Crippen molar-refractivity contribution in [2.75, 3.05) is 29.4 Å². The minimum Gasteiger partial charge on any atom is -0.310 e. The molecule has 0 radical (unpaired) electrons. The van der Waals surface area contributed by atoms with E-state index < -0.39 is 12.1 Å². The Labute approximate surface area is 812 Å². The van der Waals surface area contributed by atoms with E-state index in [0.29, 0.717) is 0 Å². The van der Waals surface area contributed by atoms with Gasteiger partial charge in [-0.15, -0.1) is 0 Å². The molecule has 0 saturated carbocycles. The molecule has 650 valence electrons. The third kappa shape index (κ3) is 12.3. The minimum absolute atomic E-state index is 0.215. The van der Waals surface area contributed by atoms with Gasteiger partial charge in [-0.1, -0.05) is 400 Å². The van der Waals surface area contributed by atoms with Crippen LogP contribution in [0.25, 0.3) is 66.8 Å². The van der Waals surface area contributed by atoms with E-state index in [1.54, 1.807) is 0 Å². The molecule has 0 bridgehead atoms. The average molecular weight is 1790 g/mol. The van der Waals surface area contributed by atoms with Gasteiger partial charge in [-0.05, 0) is 214 Å². The Morgan fingerprint density at radius 3 is 0.745 bits per heavy atom. The Morgan fingerprint density at radius 1 is 0.175 bits per heavy atom. The Balaban J connectivity index is 0.847. The van der Waals surface area contributed by atoms with Gasteiger partial charge in [0.2, 0.25) is 13.4 Å². The fourth-order valence-electron chi connectivity index (χ4n) is 23.7. The largest absolute Gasteiger partial charge is 0.310 e. The van der Waals surface area contributed by atoms with Gasteiger partial charge in [0.15, 0.2) is 0 Å². The van der Waals surface area contributed by atoms with E-state index in [4.69, 9.17) is 0 Å². The van der Waals surface area contributed by atoms with Gasteiger partial charge in [-0.2, -0.15) is 0 Å². The number of benzene rings is 19. The quantitative estimate of drug-likeness (QED) is 0.125. The maximum absolute atomic E-state index is 2.87. The molecule has 27 rings (SSSR count). The van der Waals surface area contributed by atoms with Crippen LogP contribution < -0.4 is 78.6 Å². The lowest BCUT2D eigenvalue weighted by atomic mass is 9.29. The molecule has 8 heterocycles. The summed E-state index contributed by atoms with van der Waals surface area (Å²) in [5.41, 5.74) is 48.9. The fourth-order valence-corrected chi connectivity index (χ4v) is 26.4. The van der Waals surface area contributed by atoms with Crippen molar-refractivity contribution in [3.05, 3.63) is 429 Å². The molecule has 11 heteroatoms. The van der Waals surface area contributed by atoms with Crippen molar-refractivity contribution in [3.8, 4) is 66.8 Å². The molecule has 137 heavy (non-hydrogen) atoms. The molecule has 0 saturated heterocycles. The van der Waals surface area contributed by atoms with E-state index >= 15 is 0 Å². The van der Waals surface area contributed by atoms with Crippen molar-refractivity contribution >= 4 is 195 Å². The zero-order valence-corrected chi connectivity index (χ0v) is 79.6. The zero-order valence-electron chi connectivity index (χ0n) is 78.0. The third-order valence-electron chi connectivity index (χ3n) is 30.0. The highest BCUT2D eigenvalue weighted by molar-refractivity contribution is 8.00. The van der Waals surface area contributed by atoms with Crippen LogP contribution in [0.5, 0.6) is 0 Å². The molecule has 0 fully saturated rings. The Bertz CT molecular complexity index is 7680. The highest BCUT2D eigenvalue weighted by Crippen LogP contribution is 2.64. The molecule has 0 spiro atoms. The molecule has 0 unspecified atom stereocenters. The predicted molar refractivity (Wildman–Crippen MR) is 585 cm³/mol. The summed E-state index contributed by atoms with van der Waals surface area (Å²) in [6.45, 7) is 20.8. The lowest BCUT2D eigenvalue weighted by molar-refractivity contribution is 0.590. The number of fused-ring (bicyclic) bond motifs is 18. The predicted octanol–water partition coefficient (Wildman–Crippen LogP) is 28.8. The normalized spacial score (nSPS) is 14.0. The molecule has 0 N–H and O–H groups in total. The first kappa shape index (κ1) is 81.4. The van der Waals surface area contributed by atoms with Crippen molar-refractivity contribution < 1.29 is 0 Å². The number of para-hydroxylation sites is 8. The molecule has 0 aromatic heterocycles. The highest BCUT2D eigenvalue weighted by atomic mass is 32.2. The number of hydrogen-bond donors (Lipinski definition) is 0. The molecular weight excluding hydrogens is 1690 g/mol. The monoisotopic (exact) mass is 1790 g/mol. The molecule has 0 atom stereocenters. The average Bonchev–Trinajstić information content (AvgIpc) is 0.643. The molecule has 19 aromatic carbocycles. The first-order chi connectivity index (χ1) is 67.0. The van der Waals surface area contributed by atoms with Crippen molar-refractivity contribution in [1.82, 2.24) is 0 Å². The number of rotatable bonds is 10. The van der Waals surface area contributed by atoms with Crippen LogP contribution in [0.4, 0.5) is 102 Å². The first-order valence-electron chi connectivity index (χ1n) is 48.2. The standard InChI is InChI=1S/C126H95B3N6S2/c1-124(2,3)84-70-89(80-46-20-12-21-47-80)118(90(71-84)81-48-22-13-23-49-81)134-105-74-86(126(7,8)9)75-106-113(105)129(116-109(134)76-107-114-122(116)136-111-68-38-30-56-93(111)127(114)95-58-40-66-103-120(95)132(107)101-64-36-34-62-99(101)130(103)97-60-32-28-54-87(97)78-42-16-10-17-43-78)117-110(135(106)119-91(82-50-24-14-25-51-82)72-85(125(4,5)6)73-92(119)83-52-26-15-27-53-83)77-108-115-123(117)137-112-69-39-31-57-94(112)128(115)96-59-41-67-104-121(96)133(108)102-65-37-35-63-100(102)131(104)98-61-33-29-55-88(98)79-44-18-11-19-45-79/h10-77H,1-9H3. The van der Waals surface area contributed by atoms with Crippen LogP contribution in [0.15, 0.2) is 432 Å². The summed E-state index contributed by atoms with van der Waals surface area (Å²) in [6.07, 6.45) is 0. The zero-order chi connectivity index (χ0) is 91.8. The van der Waals surface area contributed by atoms with Crippen molar-refractivity contribution in [3.63, 3.8) is 0 Å². The smallest absolute Gasteiger partial charge is 0.255 e. The number of anilines is 18. The summed E-state index contributed by atoms with van der Waals surface area (Å²) in [5.74, 6) is 0. The number of nitrogens with zero attached hydrogens (tertiary/aromatic N) is 6. The fraction of sp³-hybridized carbons (Fsp3) is 0.0952. The molecule has 0 amide bonds. The van der Waals surface area contributed by atoms with Crippen molar-refractivity contribution in [2.24, 2.45) is 0 Å². The summed E-state index contributed by atoms with van der Waals surface area (Å²) in [6, 6.07) is 159. The van der Waals surface area contributed by atoms with Gasteiger partial charge in [-0.25, -0.2) is 0 Å². The Kier molecular flexibility index (Phi) is 18.2. The van der Waals surface area contributed by atoms with Gasteiger partial charge >= 0.3 is 0 Å². The summed E-state index contributed by atoms with van der Waals surface area (Å²) in [4.78, 5) is 21.4. The van der Waals surface area contributed by atoms with Crippen LogP contribution in [0.1, 0.15) is 79.0 Å². The topological polar surface area (TPSA) is 19.4 Å². The maximum atomic E-state index is 2.87. The Morgan fingerprint density at radius 2 is 0.416 bits per heavy atom. The van der Waals surface area contributed by atoms with Crippen LogP contribution in [-0.2, 0) is 16.2 Å². The molecule has 19 aromatic rings. The lowest BCUT2D eigenvalue weighted by Crippen LogP contribution is -2.68. The van der Waals surface area contributed by atoms with Crippen LogP contribution in [0, 0.1) is 0 Å². The SMILES string of the molecule is CC(C)(C)c1cc(-c2ccccc2)c(N2c3cc(C(C)(C)C)cc4c3B(c3c2cc2c5c3Sc3ccccc3B5c3cccc5c3N2c2ccccc2N5c2ccccc2-c2ccccc2)c2c(cc3c5c2Sc2ccccc2B5c2cccc5c2N3c2ccccc2N5c2ccccc2-c2ccccc2)N4c2c(-c3ccccc3)cc(C(C)(C)C)cc2-c2ccccc2)c(-c2ccccc2)c1. The van der Waals surface area contributed by atoms with Gasteiger partial charge in [0, 0.05) is 87.1 Å². The second kappa shape index (κ2) is 30.7. The van der Waals surface area contributed by atoms with Gasteiger partial charge in [0.05, 0.1) is 68.2 Å². The van der Waals surface area contributed by atoms with Gasteiger partial charge < -0.3 is 29.4 Å². The minimum atomic E-state index is -0.440. The Hall–Kier alpha value is -15.1. The summed E-state index contributed by atoms with van der Waals surface area (Å²) in [7, 11) is 0. The van der Waals surface area contributed by atoms with E-state index in [1.165, 1.54) is 130 Å². The molecule has 6 nitrogen and oxygen atoms in total. The molecule has 8 aliphatic rings. The van der Waals surface area contributed by atoms with E-state index in [0.717, 1.165) is 124 Å². The van der Waals surface area contributed by atoms with Crippen LogP contribution in [0.3, 0.4) is 0 Å². The summed E-state index contributed by atoms with van der Waals surface area (Å²) < 4.78 is 0. The lowest BCUT2D eigenvalue weighted by Gasteiger charge is -2.52. The van der Waals surface area contributed by atoms with Crippen LogP contribution in [-0.4, -0.2) is 20.1 Å². The summed E-state index contributed by atoms with van der Waals surface area (Å²) >= 11 is 4.01. The van der Waals surface area contributed by atoms with Crippen LogP contribution in [0.2, 0.25) is 0 Å². The number of hydrogen-bond acceptors (Lipinski definition) is 8. The molecular formula is C126H95B3N6S2. The van der Waals surface area contributed by atoms with Gasteiger partial charge in [0.1, 0.15) is 0 Å². The van der Waals surface area contributed by atoms with Crippen molar-refractivity contribution in [1.29, 1.82) is 0 Å². The first-order valence-corrected chi connectivity index (χ1v) is 49.9. The maximum Gasteiger partial charge on any atom is 0.255 e. The van der Waals surface area contributed by atoms with E-state index in [1.807, 2.05) is 23.5 Å². The van der Waals surface area contributed by atoms with Gasteiger partial charge in [0.25, 0.3) is 6.71 Å². The highest BCUT2D eigenvalue weighted by Gasteiger charge is 2.56. The van der Waals surface area contributed by atoms with Gasteiger partial charge in [-0.3, -0.25) is 0 Å². The second-order valence-electron chi connectivity index (χ2n) is 40.9. The third-order valence-corrected chi connectivity index (χ3v) is 32.4. The van der Waals surface area contributed by atoms with E-state index in [2.05, 4.69) is 504 Å². The molecule has 0 aliphatic carbocycles. The van der Waals surface area contributed by atoms with Crippen LogP contribution >= 0.6 is 23.5 Å². The van der Waals surface area contributed by atoms with Crippen molar-refractivity contribution in [2.45, 2.75) is 98.1 Å².